The molecule has 1 heterocycles. The van der Waals surface area contributed by atoms with Gasteiger partial charge in [0.05, 0.1) is 6.61 Å². The topological polar surface area (TPSA) is 73.1 Å². The number of nitrogens with one attached hydrogen (secondary N) is 1. The fourth-order valence-corrected chi connectivity index (χ4v) is 1.90. The minimum Gasteiger partial charge on any atom is -0.478 e. The second-order valence-electron chi connectivity index (χ2n) is 4.80. The van der Waals surface area contributed by atoms with Crippen LogP contribution in [0.2, 0.25) is 0 Å². The molecule has 112 valence electrons. The lowest BCUT2D eigenvalue weighted by Crippen LogP contribution is -2.05. The van der Waals surface area contributed by atoms with E-state index in [4.69, 9.17) is 10.5 Å². The summed E-state index contributed by atoms with van der Waals surface area (Å²) in [5.41, 5.74) is 8.01. The van der Waals surface area contributed by atoms with Gasteiger partial charge in [-0.05, 0) is 30.5 Å². The van der Waals surface area contributed by atoms with Crippen molar-refractivity contribution >= 4 is 5.82 Å². The maximum atomic E-state index is 5.54. The molecule has 0 aliphatic heterocycles. The smallest absolute Gasteiger partial charge is 0.218 e. The third kappa shape index (κ3) is 5.04. The van der Waals surface area contributed by atoms with E-state index in [9.17, 15) is 0 Å². The number of ether oxygens (including phenoxy) is 1. The molecule has 0 saturated heterocycles. The van der Waals surface area contributed by atoms with Gasteiger partial charge in [-0.1, -0.05) is 31.2 Å². The van der Waals surface area contributed by atoms with Crippen molar-refractivity contribution in [3.05, 3.63) is 47.8 Å². The Morgan fingerprint density at radius 2 is 1.90 bits per heavy atom. The molecule has 0 aliphatic carbocycles. The van der Waals surface area contributed by atoms with Crippen LogP contribution < -0.4 is 15.8 Å². The molecule has 5 heteroatoms. The summed E-state index contributed by atoms with van der Waals surface area (Å²) in [7, 11) is 0. The van der Waals surface area contributed by atoms with Gasteiger partial charge in [0, 0.05) is 12.6 Å². The number of hydrogen-bond acceptors (Lipinski definition) is 5. The summed E-state index contributed by atoms with van der Waals surface area (Å²) in [5, 5.41) is 3.27. The van der Waals surface area contributed by atoms with Crippen molar-refractivity contribution in [3.63, 3.8) is 0 Å². The van der Waals surface area contributed by atoms with E-state index < -0.39 is 0 Å². The molecule has 0 unspecified atom stereocenters. The highest BCUT2D eigenvalue weighted by atomic mass is 16.5. The number of rotatable bonds is 8. The molecule has 5 nitrogen and oxygen atoms in total. The molecule has 0 radical (unpaired) electrons. The first-order valence-corrected chi connectivity index (χ1v) is 7.28. The van der Waals surface area contributed by atoms with Gasteiger partial charge in [0.25, 0.3) is 0 Å². The first-order valence-electron chi connectivity index (χ1n) is 7.28. The van der Waals surface area contributed by atoms with Crippen molar-refractivity contribution in [1.29, 1.82) is 0 Å². The molecule has 0 fully saturated rings. The molecule has 1 aromatic heterocycles. The quantitative estimate of drug-likeness (QED) is 0.779. The summed E-state index contributed by atoms with van der Waals surface area (Å²) in [5.74, 6) is 1.37. The van der Waals surface area contributed by atoms with Crippen LogP contribution in [0.4, 0.5) is 5.82 Å². The standard InChI is InChI=1S/C16H22N4O/c1-2-9-21-16-10-15(19-12-20-16)18-11-14-5-3-13(4-6-14)7-8-17/h3-6,10,12H,2,7-9,11,17H2,1H3,(H,18,19,20). The largest absolute Gasteiger partial charge is 0.478 e. The van der Waals surface area contributed by atoms with Gasteiger partial charge >= 0.3 is 0 Å². The van der Waals surface area contributed by atoms with E-state index in [1.54, 1.807) is 0 Å². The zero-order valence-electron chi connectivity index (χ0n) is 12.4. The third-order valence-electron chi connectivity index (χ3n) is 3.03. The normalized spacial score (nSPS) is 10.4. The van der Waals surface area contributed by atoms with E-state index in [2.05, 4.69) is 46.5 Å². The highest BCUT2D eigenvalue weighted by Crippen LogP contribution is 2.13. The Kier molecular flexibility index (Phi) is 5.97. The predicted octanol–water partition coefficient (Wildman–Crippen LogP) is 2.38. The maximum Gasteiger partial charge on any atom is 0.218 e. The molecular formula is C16H22N4O. The van der Waals surface area contributed by atoms with E-state index in [-0.39, 0.29) is 0 Å². The highest BCUT2D eigenvalue weighted by Gasteiger charge is 2.00. The van der Waals surface area contributed by atoms with E-state index in [1.165, 1.54) is 17.5 Å². The number of anilines is 1. The Morgan fingerprint density at radius 3 is 2.62 bits per heavy atom. The minimum atomic E-state index is 0.604. The van der Waals surface area contributed by atoms with Gasteiger partial charge in [-0.3, -0.25) is 0 Å². The van der Waals surface area contributed by atoms with Crippen molar-refractivity contribution in [2.45, 2.75) is 26.3 Å². The van der Waals surface area contributed by atoms with Crippen LogP contribution in [0.15, 0.2) is 36.7 Å². The van der Waals surface area contributed by atoms with Crippen LogP contribution in [-0.4, -0.2) is 23.1 Å². The molecule has 0 aliphatic rings. The van der Waals surface area contributed by atoms with Crippen LogP contribution in [0.1, 0.15) is 24.5 Å². The van der Waals surface area contributed by atoms with Crippen molar-refractivity contribution < 1.29 is 4.74 Å². The minimum absolute atomic E-state index is 0.604. The average Bonchev–Trinajstić information content (AvgIpc) is 2.53. The first kappa shape index (κ1) is 15.3. The van der Waals surface area contributed by atoms with E-state index in [0.29, 0.717) is 25.6 Å². The second-order valence-corrected chi connectivity index (χ2v) is 4.80. The SMILES string of the molecule is CCCOc1cc(NCc2ccc(CCN)cc2)ncn1. The van der Waals surface area contributed by atoms with Crippen LogP contribution in [0.3, 0.4) is 0 Å². The van der Waals surface area contributed by atoms with Gasteiger partial charge in [0.15, 0.2) is 0 Å². The summed E-state index contributed by atoms with van der Waals surface area (Å²) in [6.07, 6.45) is 3.39. The molecule has 0 amide bonds. The van der Waals surface area contributed by atoms with E-state index in [1.807, 2.05) is 6.07 Å². The van der Waals surface area contributed by atoms with Gasteiger partial charge in [0.1, 0.15) is 12.1 Å². The van der Waals surface area contributed by atoms with E-state index >= 15 is 0 Å². The lowest BCUT2D eigenvalue weighted by Gasteiger charge is -2.08. The Bertz CT molecular complexity index is 542. The Morgan fingerprint density at radius 1 is 1.14 bits per heavy atom. The Balaban J connectivity index is 1.90. The van der Waals surface area contributed by atoms with Crippen LogP contribution >= 0.6 is 0 Å². The zero-order valence-corrected chi connectivity index (χ0v) is 12.4. The first-order chi connectivity index (χ1) is 10.3. The fraction of sp³-hybridized carbons (Fsp3) is 0.375. The summed E-state index contributed by atoms with van der Waals surface area (Å²) < 4.78 is 5.49. The molecule has 0 atom stereocenters. The molecule has 2 aromatic rings. The third-order valence-corrected chi connectivity index (χ3v) is 3.03. The summed E-state index contributed by atoms with van der Waals surface area (Å²) in [6.45, 7) is 4.12. The lowest BCUT2D eigenvalue weighted by atomic mass is 10.1. The Hall–Kier alpha value is -2.14. The molecule has 1 aromatic carbocycles. The second kappa shape index (κ2) is 8.21. The van der Waals surface area contributed by atoms with E-state index in [0.717, 1.165) is 18.7 Å². The number of aromatic nitrogens is 2. The lowest BCUT2D eigenvalue weighted by molar-refractivity contribution is 0.305. The monoisotopic (exact) mass is 286 g/mol. The van der Waals surface area contributed by atoms with Crippen molar-refractivity contribution in [2.24, 2.45) is 5.73 Å². The van der Waals surface area contributed by atoms with Gasteiger partial charge in [-0.25, -0.2) is 9.97 Å². The maximum absolute atomic E-state index is 5.54. The van der Waals surface area contributed by atoms with Crippen molar-refractivity contribution in [3.8, 4) is 5.88 Å². The average molecular weight is 286 g/mol. The molecule has 21 heavy (non-hydrogen) atoms. The van der Waals surface area contributed by atoms with Crippen molar-refractivity contribution in [1.82, 2.24) is 9.97 Å². The number of nitrogens with two attached hydrogens (primary N) is 1. The summed E-state index contributed by atoms with van der Waals surface area (Å²) in [4.78, 5) is 8.27. The molecule has 0 saturated carbocycles. The van der Waals surface area contributed by atoms with Gasteiger partial charge < -0.3 is 15.8 Å². The van der Waals surface area contributed by atoms with Crippen molar-refractivity contribution in [2.75, 3.05) is 18.5 Å². The van der Waals surface area contributed by atoms with Crippen LogP contribution in [0, 0.1) is 0 Å². The van der Waals surface area contributed by atoms with Gasteiger partial charge in [-0.2, -0.15) is 0 Å². The molecular weight excluding hydrogens is 264 g/mol. The zero-order chi connectivity index (χ0) is 14.9. The number of benzene rings is 1. The van der Waals surface area contributed by atoms with Crippen LogP contribution in [0.5, 0.6) is 5.88 Å². The van der Waals surface area contributed by atoms with Crippen LogP contribution in [0.25, 0.3) is 0 Å². The fourth-order valence-electron chi connectivity index (χ4n) is 1.90. The molecule has 0 spiro atoms. The molecule has 3 N–H and O–H groups in total. The predicted molar refractivity (Wildman–Crippen MR) is 84.3 cm³/mol. The number of nitrogens with zero attached hydrogens (tertiary/aromatic N) is 2. The summed E-state index contributed by atoms with van der Waals surface area (Å²) in [6, 6.07) is 10.2. The van der Waals surface area contributed by atoms with Crippen LogP contribution in [-0.2, 0) is 13.0 Å². The van der Waals surface area contributed by atoms with Gasteiger partial charge in [-0.15, -0.1) is 0 Å². The summed E-state index contributed by atoms with van der Waals surface area (Å²) >= 11 is 0. The Labute approximate surface area is 125 Å². The molecule has 0 bridgehead atoms. The number of hydrogen-bond donors (Lipinski definition) is 2. The molecule has 2 rings (SSSR count). The highest BCUT2D eigenvalue weighted by molar-refractivity contribution is 5.38. The van der Waals surface area contributed by atoms with Gasteiger partial charge in [0.2, 0.25) is 5.88 Å².